The van der Waals surface area contributed by atoms with Gasteiger partial charge >= 0.3 is 5.97 Å². The molecule has 2 aliphatic rings. The summed E-state index contributed by atoms with van der Waals surface area (Å²) in [5.41, 5.74) is 0. The number of carboxylic acids is 1. The van der Waals surface area contributed by atoms with Crippen LogP contribution in [0.2, 0.25) is 0 Å². The molecule has 0 aromatic rings. The van der Waals surface area contributed by atoms with Gasteiger partial charge in [0.2, 0.25) is 0 Å². The van der Waals surface area contributed by atoms with Crippen LogP contribution in [0, 0.1) is 11.8 Å². The Labute approximate surface area is 108 Å². The molecule has 0 saturated carbocycles. The minimum atomic E-state index is -0.697. The van der Waals surface area contributed by atoms with Gasteiger partial charge < -0.3 is 14.9 Å². The van der Waals surface area contributed by atoms with Crippen molar-refractivity contribution in [2.75, 3.05) is 6.61 Å². The van der Waals surface area contributed by atoms with Crippen LogP contribution in [0.15, 0.2) is 0 Å². The van der Waals surface area contributed by atoms with E-state index in [0.29, 0.717) is 24.0 Å². The summed E-state index contributed by atoms with van der Waals surface area (Å²) in [5, 5.41) is 18.0. The molecule has 4 heteroatoms. The number of aliphatic hydroxyl groups excluding tert-OH is 1. The van der Waals surface area contributed by atoms with E-state index in [4.69, 9.17) is 9.84 Å². The first kappa shape index (κ1) is 13.8. The van der Waals surface area contributed by atoms with Gasteiger partial charge in [-0.15, -0.1) is 0 Å². The standard InChI is InChI=1S/C14H24O4/c15-9-11-10(12-7-8-13(11)18-12)5-3-1-2-4-6-14(16)17/h10-13,15H,1-9H2,(H,16,17)/t10-,11+,12-,13+/m1/s1. The highest BCUT2D eigenvalue weighted by atomic mass is 16.5. The van der Waals surface area contributed by atoms with Gasteiger partial charge in [0.15, 0.2) is 0 Å². The first-order valence-corrected chi connectivity index (χ1v) is 7.20. The van der Waals surface area contributed by atoms with Gasteiger partial charge in [0.05, 0.1) is 12.2 Å². The van der Waals surface area contributed by atoms with Crippen LogP contribution < -0.4 is 0 Å². The van der Waals surface area contributed by atoms with Crippen LogP contribution in [0.5, 0.6) is 0 Å². The first-order valence-electron chi connectivity index (χ1n) is 7.20. The molecule has 0 unspecified atom stereocenters. The molecule has 0 radical (unpaired) electrons. The molecule has 4 atom stereocenters. The molecule has 0 spiro atoms. The fourth-order valence-corrected chi connectivity index (χ4v) is 3.53. The molecule has 2 fully saturated rings. The number of hydrogen-bond donors (Lipinski definition) is 2. The number of fused-ring (bicyclic) bond motifs is 2. The van der Waals surface area contributed by atoms with Crippen molar-refractivity contribution in [2.24, 2.45) is 11.8 Å². The molecule has 2 aliphatic heterocycles. The van der Waals surface area contributed by atoms with Gasteiger partial charge in [-0.25, -0.2) is 0 Å². The summed E-state index contributed by atoms with van der Waals surface area (Å²) in [6, 6.07) is 0. The molecule has 4 nitrogen and oxygen atoms in total. The van der Waals surface area contributed by atoms with E-state index in [1.54, 1.807) is 0 Å². The summed E-state index contributed by atoms with van der Waals surface area (Å²) in [6.07, 6.45) is 8.38. The first-order chi connectivity index (χ1) is 8.72. The van der Waals surface area contributed by atoms with E-state index in [9.17, 15) is 9.90 Å². The van der Waals surface area contributed by atoms with Gasteiger partial charge in [0.25, 0.3) is 0 Å². The van der Waals surface area contributed by atoms with Crippen LogP contribution in [-0.2, 0) is 9.53 Å². The van der Waals surface area contributed by atoms with Crippen molar-refractivity contribution < 1.29 is 19.7 Å². The fraction of sp³-hybridized carbons (Fsp3) is 0.929. The Morgan fingerprint density at radius 1 is 1.06 bits per heavy atom. The lowest BCUT2D eigenvalue weighted by Crippen LogP contribution is -2.29. The van der Waals surface area contributed by atoms with E-state index in [-0.39, 0.29) is 13.0 Å². The third kappa shape index (κ3) is 3.23. The van der Waals surface area contributed by atoms with E-state index in [2.05, 4.69) is 0 Å². The van der Waals surface area contributed by atoms with Crippen molar-refractivity contribution in [1.82, 2.24) is 0 Å². The van der Waals surface area contributed by atoms with Gasteiger partial charge in [-0.2, -0.15) is 0 Å². The molecular weight excluding hydrogens is 232 g/mol. The maximum absolute atomic E-state index is 10.4. The van der Waals surface area contributed by atoms with Crippen LogP contribution >= 0.6 is 0 Å². The highest BCUT2D eigenvalue weighted by Crippen LogP contribution is 2.45. The minimum Gasteiger partial charge on any atom is -0.481 e. The Morgan fingerprint density at radius 2 is 1.72 bits per heavy atom. The van der Waals surface area contributed by atoms with Crippen molar-refractivity contribution in [2.45, 2.75) is 63.6 Å². The molecule has 104 valence electrons. The summed E-state index contributed by atoms with van der Waals surface area (Å²) in [4.78, 5) is 10.4. The average Bonchev–Trinajstić information content (AvgIpc) is 2.93. The molecule has 0 aliphatic carbocycles. The van der Waals surface area contributed by atoms with Crippen LogP contribution in [0.25, 0.3) is 0 Å². The van der Waals surface area contributed by atoms with E-state index in [1.165, 1.54) is 0 Å². The SMILES string of the molecule is O=C(O)CCCCCC[C@@H]1[C@H](CO)[C@@H]2CC[C@H]1O2. The molecule has 2 N–H and O–H groups in total. The number of carbonyl (C=O) groups is 1. The Kier molecular flexibility index (Phi) is 5.01. The van der Waals surface area contributed by atoms with Crippen molar-refractivity contribution in [3.8, 4) is 0 Å². The fourth-order valence-electron chi connectivity index (χ4n) is 3.53. The lowest BCUT2D eigenvalue weighted by atomic mass is 9.77. The number of unbranched alkanes of at least 4 members (excludes halogenated alkanes) is 3. The van der Waals surface area contributed by atoms with Crippen molar-refractivity contribution >= 4 is 5.97 Å². The van der Waals surface area contributed by atoms with Crippen molar-refractivity contribution in [1.29, 1.82) is 0 Å². The summed E-state index contributed by atoms with van der Waals surface area (Å²) in [7, 11) is 0. The van der Waals surface area contributed by atoms with Gasteiger partial charge in [-0.3, -0.25) is 4.79 Å². The summed E-state index contributed by atoms with van der Waals surface area (Å²) >= 11 is 0. The Hall–Kier alpha value is -0.610. The van der Waals surface area contributed by atoms with Crippen LogP contribution in [-0.4, -0.2) is 35.0 Å². The Morgan fingerprint density at radius 3 is 2.39 bits per heavy atom. The Balaban J connectivity index is 1.60. The second-order valence-electron chi connectivity index (χ2n) is 5.65. The lowest BCUT2D eigenvalue weighted by molar-refractivity contribution is -0.137. The maximum atomic E-state index is 10.4. The molecule has 2 heterocycles. The highest BCUT2D eigenvalue weighted by Gasteiger charge is 2.47. The zero-order chi connectivity index (χ0) is 13.0. The highest BCUT2D eigenvalue weighted by molar-refractivity contribution is 5.66. The van der Waals surface area contributed by atoms with E-state index in [1.807, 2.05) is 0 Å². The topological polar surface area (TPSA) is 66.8 Å². The number of aliphatic carboxylic acids is 1. The van der Waals surface area contributed by atoms with Gasteiger partial charge in [-0.1, -0.05) is 19.3 Å². The normalized spacial score (nSPS) is 34.1. The molecule has 2 rings (SSSR count). The maximum Gasteiger partial charge on any atom is 0.303 e. The van der Waals surface area contributed by atoms with E-state index < -0.39 is 5.97 Å². The average molecular weight is 256 g/mol. The third-order valence-corrected chi connectivity index (χ3v) is 4.48. The lowest BCUT2D eigenvalue weighted by Gasteiger charge is -2.26. The molecule has 0 aromatic carbocycles. The minimum absolute atomic E-state index is 0.255. The summed E-state index contributed by atoms with van der Waals surface area (Å²) < 4.78 is 5.86. The third-order valence-electron chi connectivity index (χ3n) is 4.48. The number of rotatable bonds is 8. The molecule has 2 bridgehead atoms. The number of hydrogen-bond acceptors (Lipinski definition) is 3. The van der Waals surface area contributed by atoms with Crippen LogP contribution in [0.4, 0.5) is 0 Å². The van der Waals surface area contributed by atoms with Crippen LogP contribution in [0.1, 0.15) is 51.4 Å². The summed E-state index contributed by atoms with van der Waals surface area (Å²) in [6.45, 7) is 0.255. The Bertz CT molecular complexity index is 279. The largest absolute Gasteiger partial charge is 0.481 e. The molecule has 18 heavy (non-hydrogen) atoms. The predicted octanol–water partition coefficient (Wildman–Crippen LogP) is 2.20. The predicted molar refractivity (Wildman–Crippen MR) is 67.3 cm³/mol. The van der Waals surface area contributed by atoms with Gasteiger partial charge in [-0.05, 0) is 31.6 Å². The summed E-state index contributed by atoms with van der Waals surface area (Å²) in [5.74, 6) is 0.188. The monoisotopic (exact) mass is 256 g/mol. The molecule has 0 amide bonds. The molecule has 2 saturated heterocycles. The van der Waals surface area contributed by atoms with E-state index >= 15 is 0 Å². The zero-order valence-electron chi connectivity index (χ0n) is 10.9. The second kappa shape index (κ2) is 6.53. The van der Waals surface area contributed by atoms with Crippen LogP contribution in [0.3, 0.4) is 0 Å². The zero-order valence-corrected chi connectivity index (χ0v) is 10.9. The van der Waals surface area contributed by atoms with E-state index in [0.717, 1.165) is 44.9 Å². The second-order valence-corrected chi connectivity index (χ2v) is 5.65. The van der Waals surface area contributed by atoms with Gasteiger partial charge in [0, 0.05) is 18.9 Å². The van der Waals surface area contributed by atoms with Crippen molar-refractivity contribution in [3.05, 3.63) is 0 Å². The number of ether oxygens (including phenoxy) is 1. The molecular formula is C14H24O4. The number of aliphatic hydroxyl groups is 1. The molecule has 0 aromatic heterocycles. The quantitative estimate of drug-likeness (QED) is 0.653. The van der Waals surface area contributed by atoms with Crippen molar-refractivity contribution in [3.63, 3.8) is 0 Å². The van der Waals surface area contributed by atoms with Gasteiger partial charge in [0.1, 0.15) is 0 Å². The number of carboxylic acid groups (broad SMARTS) is 1. The smallest absolute Gasteiger partial charge is 0.303 e.